The number of β-lactam (4-membered cyclic amide) rings is 1. The minimum Gasteiger partial charge on any atom is -0.361 e. The zero-order valence-electron chi connectivity index (χ0n) is 19.2. The molecule has 13 nitrogen and oxygen atoms in total. The van der Waals surface area contributed by atoms with E-state index in [4.69, 9.17) is 10.3 Å². The Morgan fingerprint density at radius 1 is 1.05 bits per heavy atom. The summed E-state index contributed by atoms with van der Waals surface area (Å²) >= 11 is 0. The van der Waals surface area contributed by atoms with Crippen molar-refractivity contribution in [2.45, 2.75) is 24.5 Å². The highest BCUT2D eigenvalue weighted by atomic mass is 32.2. The molecule has 0 bridgehead atoms. The maximum atomic E-state index is 13.3. The van der Waals surface area contributed by atoms with E-state index in [9.17, 15) is 27.6 Å². The topological polar surface area (TPSA) is 204 Å². The van der Waals surface area contributed by atoms with Gasteiger partial charge in [0.1, 0.15) is 18.1 Å². The molecule has 1 aliphatic heterocycles. The van der Waals surface area contributed by atoms with Gasteiger partial charge in [0.05, 0.1) is 6.54 Å². The van der Waals surface area contributed by atoms with Gasteiger partial charge < -0.3 is 26.7 Å². The van der Waals surface area contributed by atoms with Crippen molar-refractivity contribution in [3.63, 3.8) is 0 Å². The number of nitrogens with two attached hydrogens (primary N) is 1. The third-order valence-corrected chi connectivity index (χ3v) is 6.79. The molecule has 37 heavy (non-hydrogen) atoms. The van der Waals surface area contributed by atoms with Gasteiger partial charge in [0.15, 0.2) is 0 Å². The van der Waals surface area contributed by atoms with Crippen LogP contribution in [0.1, 0.15) is 17.2 Å². The number of fused-ring (bicyclic) bond motifs is 1. The molecule has 1 aromatic heterocycles. The Bertz CT molecular complexity index is 1460. The van der Waals surface area contributed by atoms with Crippen LogP contribution in [0.2, 0.25) is 0 Å². The average molecular weight is 529 g/mol. The first-order valence-electron chi connectivity index (χ1n) is 11.1. The molecule has 1 unspecified atom stereocenters. The highest BCUT2D eigenvalue weighted by Crippen LogP contribution is 2.21. The number of rotatable bonds is 9. The molecule has 7 N–H and O–H groups in total. The SMILES string of the molecule is NC(=O)N[C@H](Cc1c[nH]c2ccccc12)C(=O)N[C@@H](C(=O)NC1CN(S(=O)(=O)O)C1=O)c1ccccc1. The predicted octanol–water partition coefficient (Wildman–Crippen LogP) is -0.265. The third-order valence-electron chi connectivity index (χ3n) is 5.90. The lowest BCUT2D eigenvalue weighted by Gasteiger charge is -2.36. The summed E-state index contributed by atoms with van der Waals surface area (Å²) in [6.07, 6.45) is 1.77. The molecule has 1 fully saturated rings. The number of amides is 5. The molecule has 1 aliphatic rings. The summed E-state index contributed by atoms with van der Waals surface area (Å²) in [4.78, 5) is 53.2. The number of hydrogen-bond donors (Lipinski definition) is 6. The number of H-pyrrole nitrogens is 1. The summed E-state index contributed by atoms with van der Waals surface area (Å²) < 4.78 is 31.6. The van der Waals surface area contributed by atoms with Gasteiger partial charge in [-0.1, -0.05) is 48.5 Å². The van der Waals surface area contributed by atoms with Crippen LogP contribution in [0.5, 0.6) is 0 Å². The normalized spacial score (nSPS) is 16.9. The van der Waals surface area contributed by atoms with Gasteiger partial charge >= 0.3 is 16.3 Å². The molecule has 0 saturated carbocycles. The molecular weight excluding hydrogens is 504 g/mol. The van der Waals surface area contributed by atoms with E-state index >= 15 is 0 Å². The van der Waals surface area contributed by atoms with Crippen molar-refractivity contribution in [1.82, 2.24) is 25.2 Å². The van der Waals surface area contributed by atoms with Crippen molar-refractivity contribution in [2.24, 2.45) is 5.73 Å². The lowest BCUT2D eigenvalue weighted by Crippen LogP contribution is -2.66. The molecule has 1 saturated heterocycles. The number of carbonyl (C=O) groups is 4. The van der Waals surface area contributed by atoms with Crippen LogP contribution in [-0.2, 0) is 31.1 Å². The van der Waals surface area contributed by atoms with Crippen molar-refractivity contribution in [1.29, 1.82) is 0 Å². The molecule has 14 heteroatoms. The Hall–Kier alpha value is -4.43. The lowest BCUT2D eigenvalue weighted by molar-refractivity contribution is -0.141. The van der Waals surface area contributed by atoms with Crippen molar-refractivity contribution >= 4 is 45.0 Å². The molecule has 0 radical (unpaired) electrons. The Morgan fingerprint density at radius 2 is 1.73 bits per heavy atom. The van der Waals surface area contributed by atoms with Crippen molar-refractivity contribution in [3.05, 3.63) is 71.9 Å². The Morgan fingerprint density at radius 3 is 2.38 bits per heavy atom. The smallest absolute Gasteiger partial charge is 0.361 e. The summed E-state index contributed by atoms with van der Waals surface area (Å²) in [5, 5.41) is 8.21. The first-order chi connectivity index (χ1) is 17.5. The lowest BCUT2D eigenvalue weighted by atomic mass is 10.0. The standard InChI is InChI=1S/C23H24N6O7S/c24-23(33)27-17(10-14-11-25-16-9-5-4-8-15(14)16)20(30)28-19(13-6-2-1-3-7-13)21(31)26-18-12-29(22(18)32)37(34,35)36/h1-9,11,17-19,25H,10,12H2,(H,26,31)(H,28,30)(H3,24,27,33)(H,34,35,36)/t17-,18?,19-/m1/s1. The van der Waals surface area contributed by atoms with Crippen LogP contribution in [0.4, 0.5) is 4.79 Å². The van der Waals surface area contributed by atoms with Gasteiger partial charge in [0.25, 0.3) is 5.91 Å². The summed E-state index contributed by atoms with van der Waals surface area (Å²) in [5.74, 6) is -2.52. The van der Waals surface area contributed by atoms with E-state index in [1.807, 2.05) is 24.3 Å². The van der Waals surface area contributed by atoms with Crippen LogP contribution in [0.15, 0.2) is 60.8 Å². The van der Waals surface area contributed by atoms with E-state index in [1.165, 1.54) is 0 Å². The third kappa shape index (κ3) is 5.70. The number of urea groups is 1. The predicted molar refractivity (Wildman–Crippen MR) is 131 cm³/mol. The first kappa shape index (κ1) is 25.7. The van der Waals surface area contributed by atoms with E-state index < -0.39 is 58.7 Å². The number of nitrogens with one attached hydrogen (secondary N) is 4. The zero-order valence-corrected chi connectivity index (χ0v) is 20.1. The number of carbonyl (C=O) groups excluding carboxylic acids is 4. The fraction of sp³-hybridized carbons (Fsp3) is 0.217. The number of para-hydroxylation sites is 1. The minimum atomic E-state index is -4.73. The van der Waals surface area contributed by atoms with Crippen molar-refractivity contribution in [2.75, 3.05) is 6.54 Å². The molecule has 194 valence electrons. The monoisotopic (exact) mass is 528 g/mol. The van der Waals surface area contributed by atoms with E-state index in [0.717, 1.165) is 16.5 Å². The molecule has 0 spiro atoms. The number of hydrogen-bond acceptors (Lipinski definition) is 6. The summed E-state index contributed by atoms with van der Waals surface area (Å²) in [6.45, 7) is -0.453. The maximum Gasteiger partial charge on any atom is 0.362 e. The molecule has 0 aliphatic carbocycles. The highest BCUT2D eigenvalue weighted by molar-refractivity contribution is 7.84. The van der Waals surface area contributed by atoms with E-state index in [2.05, 4.69) is 20.9 Å². The number of nitrogens with zero attached hydrogens (tertiary/aromatic N) is 1. The van der Waals surface area contributed by atoms with E-state index in [0.29, 0.717) is 5.56 Å². The summed E-state index contributed by atoms with van der Waals surface area (Å²) in [5.41, 5.74) is 7.24. The molecule has 2 heterocycles. The van der Waals surface area contributed by atoms with Crippen LogP contribution < -0.4 is 21.7 Å². The van der Waals surface area contributed by atoms with Gasteiger partial charge in [-0.15, -0.1) is 0 Å². The van der Waals surface area contributed by atoms with Gasteiger partial charge in [-0.25, -0.2) is 9.10 Å². The quantitative estimate of drug-likeness (QED) is 0.162. The van der Waals surface area contributed by atoms with Gasteiger partial charge in [0.2, 0.25) is 11.8 Å². The first-order valence-corrected chi connectivity index (χ1v) is 12.5. The fourth-order valence-corrected chi connectivity index (χ4v) is 4.75. The second-order valence-electron chi connectivity index (χ2n) is 8.39. The van der Waals surface area contributed by atoms with Crippen LogP contribution in [-0.4, -0.2) is 64.6 Å². The van der Waals surface area contributed by atoms with Crippen LogP contribution in [0.3, 0.4) is 0 Å². The zero-order chi connectivity index (χ0) is 26.7. The second-order valence-corrected chi connectivity index (χ2v) is 9.72. The number of primary amides is 1. The molecule has 3 atom stereocenters. The van der Waals surface area contributed by atoms with Crippen molar-refractivity contribution < 1.29 is 32.1 Å². The second kappa shape index (κ2) is 10.3. The molecule has 5 amide bonds. The average Bonchev–Trinajstić information content (AvgIpc) is 3.26. The van der Waals surface area contributed by atoms with E-state index in [-0.39, 0.29) is 10.7 Å². The summed E-state index contributed by atoms with van der Waals surface area (Å²) in [7, 11) is -4.73. The molecule has 3 aromatic rings. The number of aromatic amines is 1. The maximum absolute atomic E-state index is 13.3. The molecule has 4 rings (SSSR count). The minimum absolute atomic E-state index is 0.0619. The Labute approximate surface area is 211 Å². The van der Waals surface area contributed by atoms with E-state index in [1.54, 1.807) is 36.5 Å². The fourth-order valence-electron chi connectivity index (χ4n) is 4.06. The Kier molecular flexibility index (Phi) is 7.13. The molecular formula is C23H24N6O7S. The van der Waals surface area contributed by atoms with Gasteiger partial charge in [-0.05, 0) is 17.2 Å². The summed E-state index contributed by atoms with van der Waals surface area (Å²) in [6, 6.07) is 10.9. The Balaban J connectivity index is 1.54. The number of benzene rings is 2. The van der Waals surface area contributed by atoms with Crippen LogP contribution in [0.25, 0.3) is 10.9 Å². The van der Waals surface area contributed by atoms with Gasteiger partial charge in [0, 0.05) is 23.5 Å². The van der Waals surface area contributed by atoms with Gasteiger partial charge in [-0.3, -0.25) is 18.9 Å². The highest BCUT2D eigenvalue weighted by Gasteiger charge is 2.45. The molecule has 2 aromatic carbocycles. The van der Waals surface area contributed by atoms with Crippen molar-refractivity contribution in [3.8, 4) is 0 Å². The van der Waals surface area contributed by atoms with Gasteiger partial charge in [-0.2, -0.15) is 8.42 Å². The largest absolute Gasteiger partial charge is 0.362 e. The van der Waals surface area contributed by atoms with Crippen LogP contribution in [0, 0.1) is 0 Å². The van der Waals surface area contributed by atoms with Crippen LogP contribution >= 0.6 is 0 Å². The number of aromatic nitrogens is 1.